The molecule has 1 heterocycles. The van der Waals surface area contributed by atoms with E-state index < -0.39 is 0 Å². The second kappa shape index (κ2) is 8.99. The number of hydrogen-bond acceptors (Lipinski definition) is 3. The van der Waals surface area contributed by atoms with E-state index >= 15 is 0 Å². The Hall–Kier alpha value is -1.29. The van der Waals surface area contributed by atoms with Gasteiger partial charge in [0.05, 0.1) is 5.69 Å². The maximum Gasteiger partial charge on any atom is 0.223 e. The summed E-state index contributed by atoms with van der Waals surface area (Å²) in [5, 5.41) is 10.3. The summed E-state index contributed by atoms with van der Waals surface area (Å²) in [6.45, 7) is 13.1. The lowest BCUT2D eigenvalue weighted by Crippen LogP contribution is -2.29. The third-order valence-corrected chi connectivity index (χ3v) is 4.06. The van der Waals surface area contributed by atoms with Gasteiger partial charge < -0.3 is 9.67 Å². The number of pyridine rings is 1. The number of nitrogens with zero attached hydrogens (tertiary/aromatic N) is 2. The Kier molecular flexibility index (Phi) is 7.66. The van der Waals surface area contributed by atoms with Crippen LogP contribution in [0.15, 0.2) is 10.9 Å². The third-order valence-electron chi connectivity index (χ3n) is 4.06. The molecule has 0 aliphatic carbocycles. The van der Waals surface area contributed by atoms with Crippen LogP contribution < -0.4 is 5.43 Å². The number of aryl methyl sites for hydroxylation is 1. The van der Waals surface area contributed by atoms with Crippen molar-refractivity contribution in [3.05, 3.63) is 27.7 Å². The molecule has 0 atom stereocenters. The fourth-order valence-electron chi connectivity index (χ4n) is 2.91. The Labute approximate surface area is 134 Å². The first-order valence-electron chi connectivity index (χ1n) is 8.58. The van der Waals surface area contributed by atoms with Gasteiger partial charge in [-0.2, -0.15) is 0 Å². The van der Waals surface area contributed by atoms with Crippen molar-refractivity contribution in [2.75, 3.05) is 13.1 Å². The molecule has 1 N–H and O–H groups in total. The zero-order valence-electron chi connectivity index (χ0n) is 14.9. The minimum absolute atomic E-state index is 0.0858. The lowest BCUT2D eigenvalue weighted by molar-refractivity contribution is 0.243. The smallest absolute Gasteiger partial charge is 0.223 e. The van der Waals surface area contributed by atoms with Gasteiger partial charge in [0.1, 0.15) is 0 Å². The lowest BCUT2D eigenvalue weighted by Gasteiger charge is -2.27. The van der Waals surface area contributed by atoms with Gasteiger partial charge >= 0.3 is 0 Å². The quantitative estimate of drug-likeness (QED) is 0.754. The van der Waals surface area contributed by atoms with Crippen LogP contribution in [0.1, 0.15) is 70.8 Å². The van der Waals surface area contributed by atoms with Crippen molar-refractivity contribution in [3.8, 4) is 5.75 Å². The highest BCUT2D eigenvalue weighted by molar-refractivity contribution is 5.30. The first-order chi connectivity index (χ1) is 10.4. The number of rotatable bonds is 9. The molecule has 0 radical (unpaired) electrons. The molecule has 126 valence electrons. The minimum atomic E-state index is -0.268. The Morgan fingerprint density at radius 3 is 2.18 bits per heavy atom. The third kappa shape index (κ3) is 4.87. The maximum absolute atomic E-state index is 12.0. The molecule has 0 unspecified atom stereocenters. The first-order valence-corrected chi connectivity index (χ1v) is 8.58. The molecule has 1 aromatic heterocycles. The van der Waals surface area contributed by atoms with Crippen molar-refractivity contribution in [1.29, 1.82) is 0 Å². The highest BCUT2D eigenvalue weighted by atomic mass is 16.3. The Balaban J connectivity index is 3.13. The molecule has 0 amide bonds. The normalized spacial score (nSPS) is 11.6. The van der Waals surface area contributed by atoms with E-state index in [2.05, 4.69) is 37.2 Å². The monoisotopic (exact) mass is 308 g/mol. The standard InChI is InChI=1S/C18H32N2O2/c1-6-8-10-19(11-9-7-2)13-16-18(22)17(21)12-15(5)20(16)14(3)4/h12,14,22H,6-11,13H2,1-5H3. The number of unbranched alkanes of at least 4 members (excludes halogenated alkanes) is 2. The molecule has 0 aliphatic rings. The van der Waals surface area contributed by atoms with Gasteiger partial charge in [0.25, 0.3) is 0 Å². The zero-order chi connectivity index (χ0) is 16.7. The van der Waals surface area contributed by atoms with Gasteiger partial charge in [0.2, 0.25) is 5.43 Å². The van der Waals surface area contributed by atoms with E-state index in [1.807, 2.05) is 6.92 Å². The molecule has 22 heavy (non-hydrogen) atoms. The summed E-state index contributed by atoms with van der Waals surface area (Å²) in [4.78, 5) is 14.3. The van der Waals surface area contributed by atoms with E-state index in [4.69, 9.17) is 0 Å². The zero-order valence-corrected chi connectivity index (χ0v) is 14.9. The second-order valence-electron chi connectivity index (χ2n) is 6.39. The molecule has 0 aromatic carbocycles. The van der Waals surface area contributed by atoms with Crippen LogP contribution in [-0.4, -0.2) is 27.7 Å². The lowest BCUT2D eigenvalue weighted by atomic mass is 10.2. The molecular weight excluding hydrogens is 276 g/mol. The Morgan fingerprint density at radius 2 is 1.73 bits per heavy atom. The van der Waals surface area contributed by atoms with Gasteiger partial charge in [-0.15, -0.1) is 0 Å². The number of hydrogen-bond donors (Lipinski definition) is 1. The van der Waals surface area contributed by atoms with Crippen LogP contribution in [0, 0.1) is 6.92 Å². The van der Waals surface area contributed by atoms with Crippen LogP contribution in [0.5, 0.6) is 5.75 Å². The summed E-state index contributed by atoms with van der Waals surface area (Å²) in [5.41, 5.74) is 1.40. The van der Waals surface area contributed by atoms with E-state index in [1.54, 1.807) is 0 Å². The molecule has 0 saturated heterocycles. The van der Waals surface area contributed by atoms with Gasteiger partial charge in [-0.3, -0.25) is 9.69 Å². The van der Waals surface area contributed by atoms with Gasteiger partial charge in [-0.1, -0.05) is 26.7 Å². The van der Waals surface area contributed by atoms with Crippen LogP contribution >= 0.6 is 0 Å². The molecule has 4 heteroatoms. The fourth-order valence-corrected chi connectivity index (χ4v) is 2.91. The van der Waals surface area contributed by atoms with Gasteiger partial charge in [0.15, 0.2) is 5.75 Å². The predicted molar refractivity (Wildman–Crippen MR) is 92.6 cm³/mol. The molecule has 0 aliphatic heterocycles. The molecule has 0 fully saturated rings. The summed E-state index contributed by atoms with van der Waals surface area (Å²) >= 11 is 0. The van der Waals surface area contributed by atoms with Crippen LogP contribution in [0.2, 0.25) is 0 Å². The van der Waals surface area contributed by atoms with Crippen LogP contribution in [0.25, 0.3) is 0 Å². The van der Waals surface area contributed by atoms with Crippen molar-refractivity contribution >= 4 is 0 Å². The topological polar surface area (TPSA) is 45.5 Å². The first kappa shape index (κ1) is 18.8. The average Bonchev–Trinajstić information content (AvgIpc) is 2.46. The highest BCUT2D eigenvalue weighted by Crippen LogP contribution is 2.21. The molecular formula is C18H32N2O2. The molecule has 1 aromatic rings. The van der Waals surface area contributed by atoms with E-state index in [9.17, 15) is 9.90 Å². The molecule has 1 rings (SSSR count). The summed E-state index contributed by atoms with van der Waals surface area (Å²) in [7, 11) is 0. The van der Waals surface area contributed by atoms with Crippen molar-refractivity contribution in [2.24, 2.45) is 0 Å². The van der Waals surface area contributed by atoms with Crippen LogP contribution in [-0.2, 0) is 6.54 Å². The molecule has 0 spiro atoms. The van der Waals surface area contributed by atoms with Crippen molar-refractivity contribution in [2.45, 2.75) is 72.9 Å². The van der Waals surface area contributed by atoms with Gasteiger partial charge in [-0.05, 0) is 46.7 Å². The molecule has 0 saturated carbocycles. The van der Waals surface area contributed by atoms with E-state index in [0.29, 0.717) is 6.54 Å². The van der Waals surface area contributed by atoms with Crippen LogP contribution in [0.3, 0.4) is 0 Å². The predicted octanol–water partition coefficient (Wildman–Crippen LogP) is 3.85. The van der Waals surface area contributed by atoms with Crippen molar-refractivity contribution < 1.29 is 5.11 Å². The summed E-state index contributed by atoms with van der Waals surface area (Å²) in [5.74, 6) is -0.0858. The average molecular weight is 308 g/mol. The van der Waals surface area contributed by atoms with Gasteiger partial charge in [0, 0.05) is 24.3 Å². The SMILES string of the molecule is CCCCN(CCCC)Cc1c(O)c(=O)cc(C)n1C(C)C. The molecule has 4 nitrogen and oxygen atoms in total. The van der Waals surface area contributed by atoms with Gasteiger partial charge in [-0.25, -0.2) is 0 Å². The Bertz CT molecular complexity index is 513. The van der Waals surface area contributed by atoms with Crippen molar-refractivity contribution in [1.82, 2.24) is 9.47 Å². The van der Waals surface area contributed by atoms with E-state index in [1.165, 1.54) is 6.07 Å². The van der Waals surface area contributed by atoms with Crippen molar-refractivity contribution in [3.63, 3.8) is 0 Å². The second-order valence-corrected chi connectivity index (χ2v) is 6.39. The van der Waals surface area contributed by atoms with E-state index in [0.717, 1.165) is 50.2 Å². The fraction of sp³-hybridized carbons (Fsp3) is 0.722. The Morgan fingerprint density at radius 1 is 1.18 bits per heavy atom. The van der Waals surface area contributed by atoms with E-state index in [-0.39, 0.29) is 17.2 Å². The largest absolute Gasteiger partial charge is 0.503 e. The van der Waals surface area contributed by atoms with Crippen LogP contribution in [0.4, 0.5) is 0 Å². The summed E-state index contributed by atoms with van der Waals surface area (Å²) < 4.78 is 2.08. The number of aromatic nitrogens is 1. The minimum Gasteiger partial charge on any atom is -0.503 e. The maximum atomic E-state index is 12.0. The summed E-state index contributed by atoms with van der Waals surface area (Å²) in [6.07, 6.45) is 4.59. The summed E-state index contributed by atoms with van der Waals surface area (Å²) in [6, 6.07) is 1.75. The molecule has 0 bridgehead atoms. The highest BCUT2D eigenvalue weighted by Gasteiger charge is 2.17. The number of aromatic hydroxyl groups is 1.